The molecule has 0 unspecified atom stereocenters. The zero-order valence-corrected chi connectivity index (χ0v) is 15.1. The molecule has 1 amide bonds. The Hall–Kier alpha value is -2.12. The van der Waals surface area contributed by atoms with E-state index in [-0.39, 0.29) is 12.9 Å². The van der Waals surface area contributed by atoms with Crippen LogP contribution in [0.2, 0.25) is 0 Å². The average Bonchev–Trinajstić information content (AvgIpc) is 3.06. The van der Waals surface area contributed by atoms with E-state index in [2.05, 4.69) is 5.32 Å². The molecule has 2 fully saturated rings. The minimum atomic E-state index is -2.71. The van der Waals surface area contributed by atoms with Gasteiger partial charge in [0.05, 0.1) is 0 Å². The molecule has 1 aliphatic carbocycles. The van der Waals surface area contributed by atoms with E-state index >= 15 is 0 Å². The lowest BCUT2D eigenvalue weighted by Gasteiger charge is -2.30. The van der Waals surface area contributed by atoms with Gasteiger partial charge in [-0.3, -0.25) is 25.1 Å². The number of amides is 1. The molecular formula is C18H31N3O5. The van der Waals surface area contributed by atoms with Crippen LogP contribution in [-0.4, -0.2) is 53.4 Å². The summed E-state index contributed by atoms with van der Waals surface area (Å²) in [5.41, 5.74) is -0.497. The van der Waals surface area contributed by atoms with E-state index in [0.717, 1.165) is 57.8 Å². The van der Waals surface area contributed by atoms with Crippen molar-refractivity contribution in [2.24, 2.45) is 0 Å². The molecule has 0 radical (unpaired) electrons. The Balaban J connectivity index is 0.00000132. The number of carboxylic acid groups (broad SMARTS) is 1. The minimum absolute atomic E-state index is 0.242. The molecule has 1 saturated heterocycles. The van der Waals surface area contributed by atoms with Crippen molar-refractivity contribution in [3.63, 3.8) is 0 Å². The molecule has 1 spiro atoms. The van der Waals surface area contributed by atoms with Crippen LogP contribution in [0.5, 0.6) is 0 Å². The van der Waals surface area contributed by atoms with Crippen LogP contribution in [0.15, 0.2) is 0 Å². The van der Waals surface area contributed by atoms with Gasteiger partial charge >= 0.3 is 5.97 Å². The van der Waals surface area contributed by atoms with E-state index in [0.29, 0.717) is 11.3 Å². The highest BCUT2D eigenvalue weighted by Gasteiger charge is 2.37. The van der Waals surface area contributed by atoms with Crippen LogP contribution < -0.4 is 5.32 Å². The molecular weight excluding hydrogens is 338 g/mol. The van der Waals surface area contributed by atoms with Crippen LogP contribution in [0.25, 0.3) is 0 Å². The average molecular weight is 372 g/mol. The Kier molecular flexibility index (Phi) is 7.64. The topological polar surface area (TPSA) is 120 Å². The number of likely N-dealkylation sites (N-methyl/N-ethyl adjacent to an activating group) is 1. The van der Waals surface area contributed by atoms with Crippen LogP contribution in [0.3, 0.4) is 0 Å². The highest BCUT2D eigenvalue weighted by Crippen LogP contribution is 2.37. The Morgan fingerprint density at radius 3 is 2.31 bits per heavy atom. The maximum atomic E-state index is 12.4. The molecule has 148 valence electrons. The molecule has 1 heterocycles. The van der Waals surface area contributed by atoms with Gasteiger partial charge in [0.25, 0.3) is 6.47 Å². The smallest absolute Gasteiger partial charge is 0.326 e. The van der Waals surface area contributed by atoms with E-state index in [1.807, 2.05) is 0 Å². The van der Waals surface area contributed by atoms with E-state index < -0.39 is 37.0 Å². The molecule has 3 N–H and O–H groups in total. The molecule has 0 aromatic rings. The number of rotatable bonds is 0. The highest BCUT2D eigenvalue weighted by molar-refractivity contribution is 5.96. The van der Waals surface area contributed by atoms with Gasteiger partial charge in [0.15, 0.2) is 5.96 Å². The SMILES string of the molecule is O=CO.[2H]C([2H])([2H])N1CC(=O)OC2(CCCCCCCC(=O)NC1=N)CCCC2. The van der Waals surface area contributed by atoms with E-state index in [9.17, 15) is 9.59 Å². The van der Waals surface area contributed by atoms with E-state index in [4.69, 9.17) is 24.2 Å². The van der Waals surface area contributed by atoms with Gasteiger partial charge in [-0.1, -0.05) is 19.3 Å². The quantitative estimate of drug-likeness (QED) is 0.443. The third-order valence-electron chi connectivity index (χ3n) is 4.70. The van der Waals surface area contributed by atoms with Crippen molar-refractivity contribution in [2.75, 3.05) is 13.5 Å². The molecule has 0 atom stereocenters. The van der Waals surface area contributed by atoms with Crippen molar-refractivity contribution in [1.29, 1.82) is 5.41 Å². The Bertz CT molecular complexity index is 578. The maximum Gasteiger partial charge on any atom is 0.326 e. The van der Waals surface area contributed by atoms with Crippen molar-refractivity contribution in [2.45, 2.75) is 76.2 Å². The summed E-state index contributed by atoms with van der Waals surface area (Å²) in [6, 6.07) is 0. The summed E-state index contributed by atoms with van der Waals surface area (Å²) in [5.74, 6) is -1.64. The number of guanidine groups is 1. The minimum Gasteiger partial charge on any atom is -0.483 e. The van der Waals surface area contributed by atoms with Crippen molar-refractivity contribution in [3.05, 3.63) is 0 Å². The zero-order valence-electron chi connectivity index (χ0n) is 18.1. The third kappa shape index (κ3) is 7.84. The first-order valence-electron chi connectivity index (χ1n) is 10.6. The first-order chi connectivity index (χ1) is 13.6. The van der Waals surface area contributed by atoms with Crippen molar-refractivity contribution in [1.82, 2.24) is 10.2 Å². The number of nitrogens with one attached hydrogen (secondary N) is 2. The number of nitrogens with zero attached hydrogens (tertiary/aromatic N) is 1. The Morgan fingerprint density at radius 2 is 1.69 bits per heavy atom. The zero-order chi connectivity index (χ0) is 21.9. The maximum absolute atomic E-state index is 12.4. The standard InChI is InChI=1S/C17H29N3O3.CH2O2/c1-20-13-15(22)23-17(11-7-8-12-17)10-6-4-2-3-5-9-14(21)19-16(20)18;2-1-3/h2-13H2,1H3,(H2,18,19,21);1H,(H,2,3)/i1D3;. The molecule has 8 nitrogen and oxygen atoms in total. The second-order valence-corrected chi connectivity index (χ2v) is 6.72. The van der Waals surface area contributed by atoms with Gasteiger partial charge in [0.2, 0.25) is 5.91 Å². The lowest BCUT2D eigenvalue weighted by Crippen LogP contribution is -2.45. The second kappa shape index (κ2) is 11.5. The molecule has 0 bridgehead atoms. The van der Waals surface area contributed by atoms with Crippen LogP contribution >= 0.6 is 0 Å². The summed E-state index contributed by atoms with van der Waals surface area (Å²) < 4.78 is 28.5. The molecule has 0 aromatic carbocycles. The summed E-state index contributed by atoms with van der Waals surface area (Å²) in [7, 11) is 0. The summed E-state index contributed by atoms with van der Waals surface area (Å²) in [4.78, 5) is 33.3. The summed E-state index contributed by atoms with van der Waals surface area (Å²) in [5, 5.41) is 17.1. The number of hydrogen-bond acceptors (Lipinski definition) is 5. The summed E-state index contributed by atoms with van der Waals surface area (Å²) in [6.45, 7) is -3.53. The van der Waals surface area contributed by atoms with Crippen molar-refractivity contribution in [3.8, 4) is 0 Å². The van der Waals surface area contributed by atoms with Crippen molar-refractivity contribution >= 4 is 24.3 Å². The highest BCUT2D eigenvalue weighted by atomic mass is 16.6. The third-order valence-corrected chi connectivity index (χ3v) is 4.70. The van der Waals surface area contributed by atoms with Gasteiger partial charge in [-0.2, -0.15) is 0 Å². The normalized spacial score (nSPS) is 24.5. The number of carbonyl (C=O) groups excluding carboxylic acids is 2. The molecule has 0 aromatic heterocycles. The van der Waals surface area contributed by atoms with Gasteiger partial charge in [-0.15, -0.1) is 0 Å². The number of carbonyl (C=O) groups is 3. The predicted octanol–water partition coefficient (Wildman–Crippen LogP) is 2.27. The molecule has 26 heavy (non-hydrogen) atoms. The Labute approximate surface area is 159 Å². The first kappa shape index (κ1) is 17.3. The summed E-state index contributed by atoms with van der Waals surface area (Å²) >= 11 is 0. The van der Waals surface area contributed by atoms with Gasteiger partial charge in [-0.05, 0) is 44.9 Å². The number of ether oxygens (including phenoxy) is 1. The van der Waals surface area contributed by atoms with E-state index in [1.54, 1.807) is 0 Å². The van der Waals surface area contributed by atoms with Crippen LogP contribution in [0.4, 0.5) is 0 Å². The lowest BCUT2D eigenvalue weighted by atomic mass is 9.93. The molecule has 8 heteroatoms. The van der Waals surface area contributed by atoms with Gasteiger partial charge in [-0.25, -0.2) is 0 Å². The predicted molar refractivity (Wildman–Crippen MR) is 96.8 cm³/mol. The fraction of sp³-hybridized carbons (Fsp3) is 0.778. The van der Waals surface area contributed by atoms with Gasteiger partial charge in [0.1, 0.15) is 12.1 Å². The fourth-order valence-corrected chi connectivity index (χ4v) is 3.43. The first-order valence-corrected chi connectivity index (χ1v) is 9.09. The second-order valence-electron chi connectivity index (χ2n) is 6.72. The van der Waals surface area contributed by atoms with Crippen LogP contribution in [0, 0.1) is 5.41 Å². The largest absolute Gasteiger partial charge is 0.483 e. The molecule has 2 aliphatic rings. The monoisotopic (exact) mass is 372 g/mol. The molecule has 2 rings (SSSR count). The van der Waals surface area contributed by atoms with Crippen LogP contribution in [-0.2, 0) is 19.1 Å². The van der Waals surface area contributed by atoms with Gasteiger partial charge < -0.3 is 14.7 Å². The number of hydrogen-bond donors (Lipinski definition) is 3. The number of esters is 1. The molecule has 1 saturated carbocycles. The van der Waals surface area contributed by atoms with Gasteiger partial charge in [0, 0.05) is 17.5 Å². The lowest BCUT2D eigenvalue weighted by molar-refractivity contribution is -0.160. The molecule has 1 aliphatic heterocycles. The summed E-state index contributed by atoms with van der Waals surface area (Å²) in [6.07, 6.45) is 9.26. The fourth-order valence-electron chi connectivity index (χ4n) is 3.43. The van der Waals surface area contributed by atoms with Crippen LogP contribution in [0.1, 0.15) is 74.7 Å². The van der Waals surface area contributed by atoms with E-state index in [1.165, 1.54) is 0 Å². The Morgan fingerprint density at radius 1 is 1.15 bits per heavy atom. The van der Waals surface area contributed by atoms with Crippen molar-refractivity contribution < 1.29 is 28.3 Å².